The van der Waals surface area contributed by atoms with Crippen LogP contribution in [0.15, 0.2) is 59.7 Å². The number of halogens is 2. The number of hydrogen-bond acceptors (Lipinski definition) is 5. The Morgan fingerprint density at radius 1 is 1.03 bits per heavy atom. The number of amides is 2. The summed E-state index contributed by atoms with van der Waals surface area (Å²) in [7, 11) is 1.48. The molecule has 0 aromatic heterocycles. The molecule has 0 aliphatic carbocycles. The highest BCUT2D eigenvalue weighted by atomic mass is 35.5. The molecule has 176 valence electrons. The fourth-order valence-electron chi connectivity index (χ4n) is 3.03. The van der Waals surface area contributed by atoms with Crippen molar-refractivity contribution in [1.29, 1.82) is 0 Å². The summed E-state index contributed by atoms with van der Waals surface area (Å²) in [5.74, 6) is -1.30. The Hall–Kier alpha value is -3.91. The number of nitrogens with one attached hydrogen (secondary N) is 2. The lowest BCUT2D eigenvalue weighted by molar-refractivity contribution is -0.136. The number of methoxy groups -OCH3 is 1. The first-order chi connectivity index (χ1) is 16.3. The molecule has 0 spiro atoms. The van der Waals surface area contributed by atoms with Crippen molar-refractivity contribution < 1.29 is 23.5 Å². The molecular formula is C25H23ClFN3O4. The minimum atomic E-state index is -0.903. The van der Waals surface area contributed by atoms with Crippen LogP contribution in [-0.2, 0) is 16.2 Å². The van der Waals surface area contributed by atoms with Crippen LogP contribution in [0.25, 0.3) is 0 Å². The number of aryl methyl sites for hydroxylation is 2. The number of hydrogen-bond donors (Lipinski definition) is 2. The summed E-state index contributed by atoms with van der Waals surface area (Å²) in [6, 6.07) is 14.5. The summed E-state index contributed by atoms with van der Waals surface area (Å²) in [6.45, 7) is 3.90. The molecule has 2 amide bonds. The molecule has 0 bridgehead atoms. The van der Waals surface area contributed by atoms with Crippen molar-refractivity contribution in [3.8, 4) is 11.5 Å². The average molecular weight is 484 g/mol. The quantitative estimate of drug-likeness (QED) is 0.288. The number of benzene rings is 3. The van der Waals surface area contributed by atoms with Crippen molar-refractivity contribution in [2.45, 2.75) is 20.5 Å². The molecule has 3 aromatic rings. The van der Waals surface area contributed by atoms with E-state index >= 15 is 0 Å². The van der Waals surface area contributed by atoms with Gasteiger partial charge in [-0.15, -0.1) is 0 Å². The van der Waals surface area contributed by atoms with Crippen LogP contribution in [0.5, 0.6) is 11.5 Å². The van der Waals surface area contributed by atoms with Crippen molar-refractivity contribution in [3.63, 3.8) is 0 Å². The van der Waals surface area contributed by atoms with Crippen LogP contribution in [-0.4, -0.2) is 25.1 Å². The van der Waals surface area contributed by atoms with E-state index in [4.69, 9.17) is 21.1 Å². The Labute approximate surface area is 201 Å². The van der Waals surface area contributed by atoms with E-state index in [9.17, 15) is 14.0 Å². The van der Waals surface area contributed by atoms with Gasteiger partial charge in [-0.1, -0.05) is 35.4 Å². The fraction of sp³-hybridized carbons (Fsp3) is 0.160. The van der Waals surface area contributed by atoms with Gasteiger partial charge in [0.15, 0.2) is 11.5 Å². The van der Waals surface area contributed by atoms with Crippen molar-refractivity contribution in [2.24, 2.45) is 5.10 Å². The Morgan fingerprint density at radius 2 is 1.82 bits per heavy atom. The van der Waals surface area contributed by atoms with Crippen LogP contribution in [0.2, 0.25) is 5.02 Å². The van der Waals surface area contributed by atoms with E-state index in [-0.39, 0.29) is 11.6 Å². The minimum Gasteiger partial charge on any atom is -0.493 e. The molecule has 0 unspecified atom stereocenters. The van der Waals surface area contributed by atoms with Gasteiger partial charge in [0.25, 0.3) is 0 Å². The van der Waals surface area contributed by atoms with E-state index in [0.29, 0.717) is 28.3 Å². The summed E-state index contributed by atoms with van der Waals surface area (Å²) in [5, 5.41) is 6.64. The molecule has 9 heteroatoms. The second-order valence-corrected chi connectivity index (χ2v) is 7.81. The third-order valence-electron chi connectivity index (χ3n) is 4.80. The third kappa shape index (κ3) is 6.55. The lowest BCUT2D eigenvalue weighted by Crippen LogP contribution is -2.32. The molecule has 0 atom stereocenters. The Bertz CT molecular complexity index is 1250. The molecule has 34 heavy (non-hydrogen) atoms. The van der Waals surface area contributed by atoms with Crippen molar-refractivity contribution in [1.82, 2.24) is 5.43 Å². The highest BCUT2D eigenvalue weighted by molar-refractivity contribution is 6.39. The zero-order chi connectivity index (χ0) is 24.7. The fourth-order valence-corrected chi connectivity index (χ4v) is 3.25. The summed E-state index contributed by atoms with van der Waals surface area (Å²) in [5.41, 5.74) is 5.86. The van der Waals surface area contributed by atoms with E-state index in [1.165, 1.54) is 25.5 Å². The number of ether oxygens (including phenoxy) is 2. The Balaban J connectivity index is 1.58. The molecular weight excluding hydrogens is 461 g/mol. The number of carbonyl (C=O) groups is 2. The van der Waals surface area contributed by atoms with Gasteiger partial charge in [0.2, 0.25) is 0 Å². The highest BCUT2D eigenvalue weighted by Gasteiger charge is 2.14. The van der Waals surface area contributed by atoms with Gasteiger partial charge in [0.05, 0.1) is 18.3 Å². The topological polar surface area (TPSA) is 89.0 Å². The van der Waals surface area contributed by atoms with Crippen molar-refractivity contribution in [3.05, 3.63) is 87.7 Å². The van der Waals surface area contributed by atoms with E-state index in [0.717, 1.165) is 11.1 Å². The molecule has 0 aliphatic rings. The van der Waals surface area contributed by atoms with Gasteiger partial charge in [-0.25, -0.2) is 9.82 Å². The average Bonchev–Trinajstić information content (AvgIpc) is 2.80. The first-order valence-electron chi connectivity index (χ1n) is 10.2. The van der Waals surface area contributed by atoms with Gasteiger partial charge in [-0.05, 0) is 61.4 Å². The molecule has 0 fully saturated rings. The zero-order valence-corrected chi connectivity index (χ0v) is 19.6. The number of rotatable bonds is 7. The van der Waals surface area contributed by atoms with Crippen molar-refractivity contribution >= 4 is 35.3 Å². The molecule has 3 rings (SSSR count). The molecule has 0 saturated carbocycles. The van der Waals surface area contributed by atoms with Crippen LogP contribution in [0.4, 0.5) is 10.1 Å². The number of carbonyl (C=O) groups excluding carboxylic acids is 2. The lowest BCUT2D eigenvalue weighted by Gasteiger charge is -2.12. The first kappa shape index (κ1) is 24.7. The third-order valence-corrected chi connectivity index (χ3v) is 5.15. The van der Waals surface area contributed by atoms with Crippen LogP contribution in [0, 0.1) is 19.7 Å². The number of anilines is 1. The largest absolute Gasteiger partial charge is 0.493 e. The van der Waals surface area contributed by atoms with Gasteiger partial charge in [-0.2, -0.15) is 5.10 Å². The smallest absolute Gasteiger partial charge is 0.329 e. The lowest BCUT2D eigenvalue weighted by atomic mass is 10.1. The summed E-state index contributed by atoms with van der Waals surface area (Å²) < 4.78 is 24.3. The minimum absolute atomic E-state index is 0.120. The van der Waals surface area contributed by atoms with E-state index in [1.807, 2.05) is 26.0 Å². The first-order valence-corrected chi connectivity index (χ1v) is 10.6. The van der Waals surface area contributed by atoms with E-state index in [2.05, 4.69) is 15.8 Å². The van der Waals surface area contributed by atoms with Crippen LogP contribution in [0.3, 0.4) is 0 Å². The molecule has 2 N–H and O–H groups in total. The van der Waals surface area contributed by atoms with E-state index in [1.54, 1.807) is 30.3 Å². The maximum absolute atomic E-state index is 13.2. The van der Waals surface area contributed by atoms with Gasteiger partial charge < -0.3 is 14.8 Å². The standard InChI is InChI=1S/C25H23ClFN3O4/c1-15-4-8-21(16(2)10-15)29-24(31)25(32)30-28-13-17-5-9-22(23(11-17)33-3)34-14-18-6-7-19(27)12-20(18)26/h4-13H,14H2,1-3H3,(H,29,31)(H,30,32)/b28-13+. The highest BCUT2D eigenvalue weighted by Crippen LogP contribution is 2.29. The number of nitrogens with zero attached hydrogens (tertiary/aromatic N) is 1. The summed E-state index contributed by atoms with van der Waals surface area (Å²) >= 11 is 6.03. The molecule has 0 heterocycles. The molecule has 0 radical (unpaired) electrons. The van der Waals surface area contributed by atoms with Crippen LogP contribution in [0.1, 0.15) is 22.3 Å². The Kier molecular flexibility index (Phi) is 8.21. The molecule has 0 aliphatic heterocycles. The summed E-state index contributed by atoms with van der Waals surface area (Å²) in [4.78, 5) is 24.2. The Morgan fingerprint density at radius 3 is 2.53 bits per heavy atom. The normalized spacial score (nSPS) is 10.7. The maximum Gasteiger partial charge on any atom is 0.329 e. The van der Waals surface area contributed by atoms with Gasteiger partial charge >= 0.3 is 11.8 Å². The van der Waals surface area contributed by atoms with E-state index < -0.39 is 17.6 Å². The number of hydrazone groups is 1. The van der Waals surface area contributed by atoms with Crippen LogP contribution < -0.4 is 20.2 Å². The second-order valence-electron chi connectivity index (χ2n) is 7.41. The van der Waals surface area contributed by atoms with Gasteiger partial charge in [0.1, 0.15) is 12.4 Å². The maximum atomic E-state index is 13.2. The van der Waals surface area contributed by atoms with Gasteiger partial charge in [0, 0.05) is 11.3 Å². The SMILES string of the molecule is COc1cc(/C=N/NC(=O)C(=O)Nc2ccc(C)cc2C)ccc1OCc1ccc(F)cc1Cl. The monoisotopic (exact) mass is 483 g/mol. The van der Waals surface area contributed by atoms with Gasteiger partial charge in [-0.3, -0.25) is 9.59 Å². The molecule has 0 saturated heterocycles. The zero-order valence-electron chi connectivity index (χ0n) is 18.8. The van der Waals surface area contributed by atoms with Crippen molar-refractivity contribution in [2.75, 3.05) is 12.4 Å². The molecule has 3 aromatic carbocycles. The second kappa shape index (κ2) is 11.3. The van der Waals surface area contributed by atoms with Crippen LogP contribution >= 0.6 is 11.6 Å². The predicted octanol–water partition coefficient (Wildman–Crippen LogP) is 4.77. The summed E-state index contributed by atoms with van der Waals surface area (Å²) in [6.07, 6.45) is 1.37. The predicted molar refractivity (Wildman–Crippen MR) is 129 cm³/mol. The molecule has 7 nitrogen and oxygen atoms in total.